The Kier molecular flexibility index (Phi) is 8.22. The van der Waals surface area contributed by atoms with Crippen molar-refractivity contribution in [2.24, 2.45) is 0 Å². The van der Waals surface area contributed by atoms with Crippen LogP contribution in [0.5, 0.6) is 0 Å². The molecule has 0 saturated carbocycles. The zero-order valence-electron chi connectivity index (χ0n) is 11.7. The fraction of sp³-hybridized carbons (Fsp3) is 0.533. The molecule has 106 valence electrons. The first-order valence-electron chi connectivity index (χ1n) is 6.68. The number of unbranched alkanes of at least 4 members (excludes halogenated alkanes) is 3. The molecule has 0 unspecified atom stereocenters. The number of rotatable bonds is 8. The van der Waals surface area contributed by atoms with Crippen LogP contribution in [0.15, 0.2) is 22.7 Å². The maximum Gasteiger partial charge on any atom is 0.251 e. The Morgan fingerprint density at radius 2 is 1.95 bits per heavy atom. The molecule has 1 aromatic carbocycles. The predicted octanol–water partition coefficient (Wildman–Crippen LogP) is 4.41. The summed E-state index contributed by atoms with van der Waals surface area (Å²) in [4.78, 5) is 11.9. The van der Waals surface area contributed by atoms with Crippen LogP contribution in [0.3, 0.4) is 0 Å². The van der Waals surface area contributed by atoms with Gasteiger partial charge in [0, 0.05) is 16.6 Å². The normalized spacial score (nSPS) is 10.5. The van der Waals surface area contributed by atoms with E-state index in [1.165, 1.54) is 25.0 Å². The number of hydrogen-bond donors (Lipinski definition) is 1. The molecule has 1 N–H and O–H groups in total. The number of carbonyl (C=O) groups excluding carboxylic acids is 1. The summed E-state index contributed by atoms with van der Waals surface area (Å²) in [6.07, 6.45) is 6.93. The molecule has 1 rings (SSSR count). The summed E-state index contributed by atoms with van der Waals surface area (Å²) in [6, 6.07) is 5.78. The third kappa shape index (κ3) is 7.02. The highest BCUT2D eigenvalue weighted by atomic mass is 79.9. The standard InChI is InChI=1S/C15H22BrNOS/c1-12-9-13(11-14(16)10-12)15(18)17-7-5-3-4-6-8-19-2/h9-11H,3-8H2,1-2H3,(H,17,18). The molecule has 19 heavy (non-hydrogen) atoms. The van der Waals surface area contributed by atoms with Gasteiger partial charge in [-0.3, -0.25) is 4.79 Å². The summed E-state index contributed by atoms with van der Waals surface area (Å²) >= 11 is 5.31. The van der Waals surface area contributed by atoms with Crippen LogP contribution in [0.4, 0.5) is 0 Å². The van der Waals surface area contributed by atoms with Gasteiger partial charge >= 0.3 is 0 Å². The van der Waals surface area contributed by atoms with Crippen LogP contribution >= 0.6 is 27.7 Å². The van der Waals surface area contributed by atoms with Crippen LogP contribution in [0.25, 0.3) is 0 Å². The fourth-order valence-electron chi connectivity index (χ4n) is 1.90. The van der Waals surface area contributed by atoms with Gasteiger partial charge in [-0.2, -0.15) is 11.8 Å². The average molecular weight is 344 g/mol. The van der Waals surface area contributed by atoms with Crippen molar-refractivity contribution in [2.45, 2.75) is 32.6 Å². The Balaban J connectivity index is 2.24. The summed E-state index contributed by atoms with van der Waals surface area (Å²) in [7, 11) is 0. The molecule has 0 aromatic heterocycles. The molecule has 2 nitrogen and oxygen atoms in total. The highest BCUT2D eigenvalue weighted by Crippen LogP contribution is 2.15. The first-order valence-corrected chi connectivity index (χ1v) is 8.86. The van der Waals surface area contributed by atoms with Crippen molar-refractivity contribution < 1.29 is 4.79 Å². The molecule has 0 fully saturated rings. The van der Waals surface area contributed by atoms with Crippen molar-refractivity contribution in [3.8, 4) is 0 Å². The van der Waals surface area contributed by atoms with Gasteiger partial charge in [0.1, 0.15) is 0 Å². The third-order valence-electron chi connectivity index (χ3n) is 2.87. The predicted molar refractivity (Wildman–Crippen MR) is 88.1 cm³/mol. The maximum atomic E-state index is 11.9. The number of hydrogen-bond acceptors (Lipinski definition) is 2. The molecule has 1 aromatic rings. The van der Waals surface area contributed by atoms with Gasteiger partial charge in [-0.25, -0.2) is 0 Å². The highest BCUT2D eigenvalue weighted by molar-refractivity contribution is 9.10. The van der Waals surface area contributed by atoms with Gasteiger partial charge in [0.15, 0.2) is 0 Å². The van der Waals surface area contributed by atoms with Crippen LogP contribution in [-0.2, 0) is 0 Å². The van der Waals surface area contributed by atoms with Crippen LogP contribution in [0, 0.1) is 6.92 Å². The van der Waals surface area contributed by atoms with Crippen molar-refractivity contribution in [1.82, 2.24) is 5.32 Å². The topological polar surface area (TPSA) is 29.1 Å². The Labute approximate surface area is 128 Å². The van der Waals surface area contributed by atoms with Crippen molar-refractivity contribution in [3.63, 3.8) is 0 Å². The van der Waals surface area contributed by atoms with E-state index in [4.69, 9.17) is 0 Å². The van der Waals surface area contributed by atoms with Crippen LogP contribution in [-0.4, -0.2) is 24.5 Å². The molecule has 0 heterocycles. The largest absolute Gasteiger partial charge is 0.352 e. The first kappa shape index (κ1) is 16.6. The van der Waals surface area contributed by atoms with Crippen LogP contribution < -0.4 is 5.32 Å². The minimum atomic E-state index is 0.0218. The summed E-state index contributed by atoms with van der Waals surface area (Å²) in [5.74, 6) is 1.26. The molecule has 0 atom stereocenters. The summed E-state index contributed by atoms with van der Waals surface area (Å²) in [5.41, 5.74) is 1.82. The molecular weight excluding hydrogens is 322 g/mol. The van der Waals surface area contributed by atoms with Gasteiger partial charge in [-0.1, -0.05) is 28.8 Å². The summed E-state index contributed by atoms with van der Waals surface area (Å²) in [6.45, 7) is 2.76. The maximum absolute atomic E-state index is 11.9. The Morgan fingerprint density at radius 3 is 2.63 bits per heavy atom. The number of thioether (sulfide) groups is 1. The zero-order valence-corrected chi connectivity index (χ0v) is 14.1. The van der Waals surface area contributed by atoms with Gasteiger partial charge < -0.3 is 5.32 Å². The van der Waals surface area contributed by atoms with Crippen LogP contribution in [0.2, 0.25) is 0 Å². The van der Waals surface area contributed by atoms with Crippen molar-refractivity contribution in [1.29, 1.82) is 0 Å². The SMILES string of the molecule is CSCCCCCCNC(=O)c1cc(C)cc(Br)c1. The van der Waals surface area contributed by atoms with Gasteiger partial charge in [-0.05, 0) is 55.5 Å². The van der Waals surface area contributed by atoms with Crippen molar-refractivity contribution >= 4 is 33.6 Å². The third-order valence-corrected chi connectivity index (χ3v) is 4.02. The molecule has 0 aliphatic rings. The molecule has 0 spiro atoms. The number of benzene rings is 1. The Bertz CT molecular complexity index is 389. The number of aryl methyl sites for hydroxylation is 1. The van der Waals surface area contributed by atoms with E-state index < -0.39 is 0 Å². The van der Waals surface area contributed by atoms with E-state index in [2.05, 4.69) is 27.5 Å². The van der Waals surface area contributed by atoms with E-state index in [9.17, 15) is 4.79 Å². The minimum absolute atomic E-state index is 0.0218. The minimum Gasteiger partial charge on any atom is -0.352 e. The number of amides is 1. The molecule has 1 amide bonds. The quantitative estimate of drug-likeness (QED) is 0.708. The monoisotopic (exact) mass is 343 g/mol. The van der Waals surface area contributed by atoms with Gasteiger partial charge in [0.05, 0.1) is 0 Å². The van der Waals surface area contributed by atoms with E-state index >= 15 is 0 Å². The van der Waals surface area contributed by atoms with Gasteiger partial charge in [0.25, 0.3) is 5.91 Å². The second kappa shape index (κ2) is 9.43. The Morgan fingerprint density at radius 1 is 1.21 bits per heavy atom. The lowest BCUT2D eigenvalue weighted by Gasteiger charge is -2.06. The molecule has 4 heteroatoms. The average Bonchev–Trinajstić information content (AvgIpc) is 2.36. The second-order valence-corrected chi connectivity index (χ2v) is 6.58. The lowest BCUT2D eigenvalue weighted by atomic mass is 10.1. The lowest BCUT2D eigenvalue weighted by Crippen LogP contribution is -2.24. The summed E-state index contributed by atoms with van der Waals surface area (Å²) < 4.78 is 0.953. The van der Waals surface area contributed by atoms with E-state index in [1.807, 2.05) is 36.9 Å². The van der Waals surface area contributed by atoms with Crippen LogP contribution in [0.1, 0.15) is 41.6 Å². The molecule has 0 bridgehead atoms. The van der Waals surface area contributed by atoms with Gasteiger partial charge in [0.2, 0.25) is 0 Å². The number of halogens is 1. The zero-order chi connectivity index (χ0) is 14.1. The smallest absolute Gasteiger partial charge is 0.251 e. The van der Waals surface area contributed by atoms with E-state index in [0.717, 1.165) is 28.6 Å². The molecule has 0 saturated heterocycles. The van der Waals surface area contributed by atoms with E-state index in [0.29, 0.717) is 0 Å². The van der Waals surface area contributed by atoms with Crippen molar-refractivity contribution in [2.75, 3.05) is 18.6 Å². The molecular formula is C15H22BrNOS. The number of carbonyl (C=O) groups is 1. The first-order chi connectivity index (χ1) is 9.13. The summed E-state index contributed by atoms with van der Waals surface area (Å²) in [5, 5.41) is 2.98. The van der Waals surface area contributed by atoms with E-state index in [-0.39, 0.29) is 5.91 Å². The number of nitrogens with one attached hydrogen (secondary N) is 1. The fourth-order valence-corrected chi connectivity index (χ4v) is 3.00. The molecule has 0 aliphatic carbocycles. The van der Waals surface area contributed by atoms with Gasteiger partial charge in [-0.15, -0.1) is 0 Å². The second-order valence-electron chi connectivity index (χ2n) is 4.68. The van der Waals surface area contributed by atoms with Crippen molar-refractivity contribution in [3.05, 3.63) is 33.8 Å². The van der Waals surface area contributed by atoms with E-state index in [1.54, 1.807) is 0 Å². The highest BCUT2D eigenvalue weighted by Gasteiger charge is 2.06. The molecule has 0 radical (unpaired) electrons. The Hall–Kier alpha value is -0.480. The lowest BCUT2D eigenvalue weighted by molar-refractivity contribution is 0.0953. The molecule has 0 aliphatic heterocycles.